The summed E-state index contributed by atoms with van der Waals surface area (Å²) in [4.78, 5) is 25.0. The van der Waals surface area contributed by atoms with E-state index in [4.69, 9.17) is 0 Å². The normalized spacial score (nSPS) is 10.8. The number of hydrogen-bond acceptors (Lipinski definition) is 2. The Hall–Kier alpha value is -3.86. The Bertz CT molecular complexity index is 1260. The molecule has 162 valence electrons. The van der Waals surface area contributed by atoms with Crippen LogP contribution in [0.15, 0.2) is 78.9 Å². The molecule has 0 radical (unpaired) electrons. The predicted octanol–water partition coefficient (Wildman–Crippen LogP) is 5.28. The highest BCUT2D eigenvalue weighted by atomic mass is 16.2. The molecule has 1 aromatic heterocycles. The molecule has 3 aromatic carbocycles. The number of nitrogens with one attached hydrogen (secondary N) is 2. The van der Waals surface area contributed by atoms with Gasteiger partial charge >= 0.3 is 0 Å². The van der Waals surface area contributed by atoms with E-state index in [1.54, 1.807) is 0 Å². The van der Waals surface area contributed by atoms with Gasteiger partial charge in [0.05, 0.1) is 0 Å². The van der Waals surface area contributed by atoms with E-state index in [1.165, 1.54) is 5.56 Å². The molecule has 0 aliphatic carbocycles. The van der Waals surface area contributed by atoms with E-state index in [-0.39, 0.29) is 11.8 Å². The van der Waals surface area contributed by atoms with Crippen LogP contribution in [-0.2, 0) is 17.9 Å². The van der Waals surface area contributed by atoms with Crippen molar-refractivity contribution in [3.05, 3.63) is 101 Å². The topological polar surface area (TPSA) is 63.1 Å². The number of benzene rings is 3. The molecule has 4 aromatic rings. The van der Waals surface area contributed by atoms with Crippen molar-refractivity contribution in [3.63, 3.8) is 0 Å². The molecule has 0 unspecified atom stereocenters. The fourth-order valence-electron chi connectivity index (χ4n) is 3.82. The molecule has 0 aliphatic heterocycles. The fraction of sp³-hybridized carbons (Fsp3) is 0.185. The second kappa shape index (κ2) is 9.52. The number of hydrogen-bond donors (Lipinski definition) is 2. The van der Waals surface area contributed by atoms with Crippen LogP contribution in [0, 0.1) is 6.92 Å². The molecule has 0 saturated heterocycles. The third kappa shape index (κ3) is 4.89. The summed E-state index contributed by atoms with van der Waals surface area (Å²) in [5.41, 5.74) is 5.63. The number of aromatic nitrogens is 1. The lowest BCUT2D eigenvalue weighted by molar-refractivity contribution is -0.115. The van der Waals surface area contributed by atoms with Gasteiger partial charge in [-0.1, -0.05) is 67.1 Å². The summed E-state index contributed by atoms with van der Waals surface area (Å²) >= 11 is 0. The average molecular weight is 426 g/mol. The third-order valence-electron chi connectivity index (χ3n) is 5.46. The lowest BCUT2D eigenvalue weighted by Gasteiger charge is -2.12. The van der Waals surface area contributed by atoms with E-state index in [0.29, 0.717) is 25.2 Å². The van der Waals surface area contributed by atoms with Gasteiger partial charge in [0.2, 0.25) is 5.91 Å². The predicted molar refractivity (Wildman–Crippen MR) is 129 cm³/mol. The fourth-order valence-corrected chi connectivity index (χ4v) is 3.82. The Morgan fingerprint density at radius 1 is 0.875 bits per heavy atom. The second-order valence-electron chi connectivity index (χ2n) is 7.95. The molecular formula is C27H27N3O2. The van der Waals surface area contributed by atoms with Crippen LogP contribution in [-0.4, -0.2) is 16.4 Å². The maximum atomic E-state index is 13.2. The van der Waals surface area contributed by atoms with Gasteiger partial charge in [-0.2, -0.15) is 0 Å². The minimum atomic E-state index is -0.128. The van der Waals surface area contributed by atoms with Gasteiger partial charge in [-0.3, -0.25) is 9.59 Å². The molecule has 2 amide bonds. The lowest BCUT2D eigenvalue weighted by Crippen LogP contribution is -2.25. The molecule has 5 nitrogen and oxygen atoms in total. The van der Waals surface area contributed by atoms with Crippen LogP contribution >= 0.6 is 0 Å². The Morgan fingerprint density at radius 2 is 1.66 bits per heavy atom. The van der Waals surface area contributed by atoms with Gasteiger partial charge in [0.1, 0.15) is 5.69 Å². The first-order chi connectivity index (χ1) is 15.5. The van der Waals surface area contributed by atoms with Crippen molar-refractivity contribution in [2.24, 2.45) is 0 Å². The van der Waals surface area contributed by atoms with Crippen molar-refractivity contribution in [2.75, 3.05) is 5.32 Å². The van der Waals surface area contributed by atoms with Gasteiger partial charge in [-0.05, 0) is 42.3 Å². The molecule has 2 N–H and O–H groups in total. The van der Waals surface area contributed by atoms with Crippen molar-refractivity contribution < 1.29 is 9.59 Å². The van der Waals surface area contributed by atoms with Gasteiger partial charge < -0.3 is 15.2 Å². The maximum Gasteiger partial charge on any atom is 0.268 e. The molecule has 32 heavy (non-hydrogen) atoms. The van der Waals surface area contributed by atoms with Crippen molar-refractivity contribution in [1.82, 2.24) is 9.88 Å². The minimum absolute atomic E-state index is 0.0376. The van der Waals surface area contributed by atoms with Crippen LogP contribution in [0.5, 0.6) is 0 Å². The number of carbonyl (C=O) groups excluding carboxylic acids is 2. The summed E-state index contributed by atoms with van der Waals surface area (Å²) in [7, 11) is 0. The Balaban J connectivity index is 1.69. The summed E-state index contributed by atoms with van der Waals surface area (Å²) in [6.45, 7) is 4.93. The Kier molecular flexibility index (Phi) is 6.36. The second-order valence-corrected chi connectivity index (χ2v) is 7.95. The van der Waals surface area contributed by atoms with Crippen LogP contribution in [0.3, 0.4) is 0 Å². The van der Waals surface area contributed by atoms with Crippen molar-refractivity contribution in [2.45, 2.75) is 33.4 Å². The zero-order valence-corrected chi connectivity index (χ0v) is 18.4. The van der Waals surface area contributed by atoms with Gasteiger partial charge in [-0.15, -0.1) is 0 Å². The number of carbonyl (C=O) groups is 2. The number of fused-ring (bicyclic) bond motifs is 1. The SMILES string of the molecule is CCC(=O)Nc1ccc2c(c1)cc(C(=O)NCc1ccccc1)n2Cc1cccc(C)c1. The van der Waals surface area contributed by atoms with Gasteiger partial charge in [0, 0.05) is 36.1 Å². The largest absolute Gasteiger partial charge is 0.347 e. The molecule has 0 aliphatic rings. The summed E-state index contributed by atoms with van der Waals surface area (Å²) in [5.74, 6) is -0.166. The molecule has 0 spiro atoms. The number of anilines is 1. The van der Waals surface area contributed by atoms with Crippen molar-refractivity contribution in [1.29, 1.82) is 0 Å². The summed E-state index contributed by atoms with van der Waals surface area (Å²) < 4.78 is 2.04. The van der Waals surface area contributed by atoms with E-state index in [9.17, 15) is 9.59 Å². The van der Waals surface area contributed by atoms with Crippen LogP contribution < -0.4 is 10.6 Å². The number of amides is 2. The molecule has 0 saturated carbocycles. The van der Waals surface area contributed by atoms with Crippen LogP contribution in [0.2, 0.25) is 0 Å². The van der Waals surface area contributed by atoms with E-state index >= 15 is 0 Å². The van der Waals surface area contributed by atoms with Crippen LogP contribution in [0.4, 0.5) is 5.69 Å². The quantitative estimate of drug-likeness (QED) is 0.423. The highest BCUT2D eigenvalue weighted by Crippen LogP contribution is 2.25. The molecular weight excluding hydrogens is 398 g/mol. The van der Waals surface area contributed by atoms with Crippen molar-refractivity contribution in [3.8, 4) is 0 Å². The van der Waals surface area contributed by atoms with Gasteiger partial charge in [0.25, 0.3) is 5.91 Å². The first-order valence-corrected chi connectivity index (χ1v) is 10.8. The zero-order valence-electron chi connectivity index (χ0n) is 18.4. The molecule has 0 bridgehead atoms. The summed E-state index contributed by atoms with van der Waals surface area (Å²) in [6.07, 6.45) is 0.416. The first kappa shape index (κ1) is 21.4. The van der Waals surface area contributed by atoms with Crippen molar-refractivity contribution >= 4 is 28.4 Å². The number of rotatable bonds is 7. The van der Waals surface area contributed by atoms with E-state index < -0.39 is 0 Å². The van der Waals surface area contributed by atoms with Crippen LogP contribution in [0.1, 0.15) is 40.5 Å². The lowest BCUT2D eigenvalue weighted by atomic mass is 10.1. The average Bonchev–Trinajstić information content (AvgIpc) is 3.15. The monoisotopic (exact) mass is 425 g/mol. The molecule has 0 atom stereocenters. The van der Waals surface area contributed by atoms with E-state index in [0.717, 1.165) is 27.7 Å². The number of nitrogens with zero attached hydrogens (tertiary/aromatic N) is 1. The Labute approximate surface area is 188 Å². The maximum absolute atomic E-state index is 13.2. The van der Waals surface area contributed by atoms with Crippen LogP contribution in [0.25, 0.3) is 10.9 Å². The van der Waals surface area contributed by atoms with E-state index in [2.05, 4.69) is 35.8 Å². The third-order valence-corrected chi connectivity index (χ3v) is 5.46. The highest BCUT2D eigenvalue weighted by molar-refractivity contribution is 6.00. The smallest absolute Gasteiger partial charge is 0.268 e. The standard InChI is InChI=1S/C27H27N3O2/c1-3-26(31)29-23-12-13-24-22(15-23)16-25(27(32)28-17-20-9-5-4-6-10-20)30(24)18-21-11-7-8-19(2)14-21/h4-16H,3,17-18H2,1-2H3,(H,28,32)(H,29,31). The highest BCUT2D eigenvalue weighted by Gasteiger charge is 2.17. The summed E-state index contributed by atoms with van der Waals surface area (Å²) in [6, 6.07) is 25.8. The minimum Gasteiger partial charge on any atom is -0.347 e. The molecule has 5 heteroatoms. The zero-order chi connectivity index (χ0) is 22.5. The van der Waals surface area contributed by atoms with E-state index in [1.807, 2.05) is 72.2 Å². The summed E-state index contributed by atoms with van der Waals surface area (Å²) in [5, 5.41) is 6.85. The van der Waals surface area contributed by atoms with Gasteiger partial charge in [-0.25, -0.2) is 0 Å². The first-order valence-electron chi connectivity index (χ1n) is 10.8. The molecule has 4 rings (SSSR count). The Morgan fingerprint density at radius 3 is 2.41 bits per heavy atom. The molecule has 1 heterocycles. The van der Waals surface area contributed by atoms with Gasteiger partial charge in [0.15, 0.2) is 0 Å². The molecule has 0 fully saturated rings. The number of aryl methyl sites for hydroxylation is 1.